The maximum Gasteiger partial charge on any atom is 0.330 e. The zero-order chi connectivity index (χ0) is 17.6. The predicted molar refractivity (Wildman–Crippen MR) is 96.1 cm³/mol. The summed E-state index contributed by atoms with van der Waals surface area (Å²) in [6.07, 6.45) is 0.711. The zero-order valence-electron chi connectivity index (χ0n) is 14.0. The van der Waals surface area contributed by atoms with Crippen LogP contribution < -0.4 is 27.2 Å². The van der Waals surface area contributed by atoms with Gasteiger partial charge in [0.15, 0.2) is 10.8 Å². The third-order valence-corrected chi connectivity index (χ3v) is 3.45. The number of thiocarbonyl (C=S) groups is 1. The first-order valence-corrected chi connectivity index (χ1v) is 7.93. The van der Waals surface area contributed by atoms with Gasteiger partial charge >= 0.3 is 5.69 Å². The minimum Gasteiger partial charge on any atom is -0.383 e. The molecule has 0 aliphatic heterocycles. The summed E-state index contributed by atoms with van der Waals surface area (Å²) in [7, 11) is 1.56. The average molecular weight is 343 g/mol. The number of nitrogens with two attached hydrogens (primary N) is 1. The van der Waals surface area contributed by atoms with E-state index in [0.717, 1.165) is 0 Å². The first-order valence-electron chi connectivity index (χ1n) is 7.53. The molecular formula is C14H25N5O3S. The standard InChI is InChI=1S/C14H25N5O3S/c1-5-6-19-11(15)10(12(20)17-13(19)21)18(7-8-22-4)14(23)16-9(2)3/h9H,5-8,15H2,1-4H3,(H,16,23)(H,17,20,21). The highest BCUT2D eigenvalue weighted by atomic mass is 32.1. The second-order valence-corrected chi connectivity index (χ2v) is 5.78. The van der Waals surface area contributed by atoms with Crippen LogP contribution in [-0.4, -0.2) is 41.0 Å². The lowest BCUT2D eigenvalue weighted by atomic mass is 10.3. The number of hydrogen-bond acceptors (Lipinski definition) is 5. The van der Waals surface area contributed by atoms with Gasteiger partial charge in [0.05, 0.1) is 6.61 Å². The van der Waals surface area contributed by atoms with Crippen LogP contribution in [0.2, 0.25) is 0 Å². The highest BCUT2D eigenvalue weighted by molar-refractivity contribution is 7.80. The normalized spacial score (nSPS) is 10.8. The van der Waals surface area contributed by atoms with Gasteiger partial charge in [0.25, 0.3) is 5.56 Å². The molecular weight excluding hydrogens is 318 g/mol. The molecule has 1 rings (SSSR count). The minimum absolute atomic E-state index is 0.0920. The van der Waals surface area contributed by atoms with E-state index in [9.17, 15) is 9.59 Å². The number of rotatable bonds is 7. The largest absolute Gasteiger partial charge is 0.383 e. The fourth-order valence-electron chi connectivity index (χ4n) is 2.11. The van der Waals surface area contributed by atoms with Gasteiger partial charge in [0.1, 0.15) is 5.82 Å². The number of anilines is 2. The SMILES string of the molecule is CCCn1c(N)c(N(CCOC)C(=S)NC(C)C)c(=O)[nH]c1=O. The molecule has 0 bridgehead atoms. The van der Waals surface area contributed by atoms with E-state index in [1.165, 1.54) is 4.57 Å². The van der Waals surface area contributed by atoms with Crippen LogP contribution in [0.3, 0.4) is 0 Å². The number of aromatic amines is 1. The van der Waals surface area contributed by atoms with Crippen LogP contribution in [-0.2, 0) is 11.3 Å². The van der Waals surface area contributed by atoms with Crippen LogP contribution in [0.4, 0.5) is 11.5 Å². The predicted octanol–water partition coefficient (Wildman–Crippen LogP) is 0.265. The lowest BCUT2D eigenvalue weighted by Crippen LogP contribution is -2.48. The molecule has 0 aliphatic rings. The van der Waals surface area contributed by atoms with Crippen LogP contribution in [0, 0.1) is 0 Å². The number of methoxy groups -OCH3 is 1. The van der Waals surface area contributed by atoms with Crippen LogP contribution in [0.25, 0.3) is 0 Å². The van der Waals surface area contributed by atoms with E-state index in [0.29, 0.717) is 31.2 Å². The molecule has 1 heterocycles. The molecule has 0 fully saturated rings. The third-order valence-electron chi connectivity index (χ3n) is 3.11. The van der Waals surface area contributed by atoms with Crippen molar-refractivity contribution in [1.29, 1.82) is 0 Å². The summed E-state index contributed by atoms with van der Waals surface area (Å²) in [4.78, 5) is 28.1. The van der Waals surface area contributed by atoms with Gasteiger partial charge in [-0.2, -0.15) is 0 Å². The van der Waals surface area contributed by atoms with Crippen molar-refractivity contribution in [3.05, 3.63) is 20.8 Å². The number of H-pyrrole nitrogens is 1. The second-order valence-electron chi connectivity index (χ2n) is 5.39. The molecule has 23 heavy (non-hydrogen) atoms. The number of ether oxygens (including phenoxy) is 1. The Morgan fingerprint density at radius 1 is 1.48 bits per heavy atom. The summed E-state index contributed by atoms with van der Waals surface area (Å²) in [5.74, 6) is 0.101. The van der Waals surface area contributed by atoms with Gasteiger partial charge in [-0.25, -0.2) is 4.79 Å². The second kappa shape index (κ2) is 8.68. The molecule has 0 unspecified atom stereocenters. The lowest BCUT2D eigenvalue weighted by Gasteiger charge is -2.27. The molecule has 0 spiro atoms. The first-order chi connectivity index (χ1) is 10.8. The molecule has 1 aromatic heterocycles. The third kappa shape index (κ3) is 4.80. The summed E-state index contributed by atoms with van der Waals surface area (Å²) in [6, 6.07) is 0.0920. The smallest absolute Gasteiger partial charge is 0.330 e. The Morgan fingerprint density at radius 2 is 2.13 bits per heavy atom. The van der Waals surface area contributed by atoms with Crippen LogP contribution in [0.15, 0.2) is 9.59 Å². The molecule has 0 saturated carbocycles. The Balaban J connectivity index is 3.40. The lowest BCUT2D eigenvalue weighted by molar-refractivity contribution is 0.207. The number of nitrogens with zero attached hydrogens (tertiary/aromatic N) is 2. The molecule has 0 aromatic carbocycles. The summed E-state index contributed by atoms with van der Waals surface area (Å²) in [6.45, 7) is 6.90. The summed E-state index contributed by atoms with van der Waals surface area (Å²) >= 11 is 5.37. The summed E-state index contributed by atoms with van der Waals surface area (Å²) in [5.41, 5.74) is 5.16. The van der Waals surface area contributed by atoms with Gasteiger partial charge in [-0.1, -0.05) is 6.92 Å². The van der Waals surface area contributed by atoms with E-state index >= 15 is 0 Å². The van der Waals surface area contributed by atoms with Crippen molar-refractivity contribution in [3.63, 3.8) is 0 Å². The van der Waals surface area contributed by atoms with Crippen molar-refractivity contribution < 1.29 is 4.74 Å². The molecule has 9 heteroatoms. The number of nitrogens with one attached hydrogen (secondary N) is 2. The van der Waals surface area contributed by atoms with Gasteiger partial charge < -0.3 is 20.7 Å². The molecule has 0 saturated heterocycles. The Morgan fingerprint density at radius 3 is 2.65 bits per heavy atom. The molecule has 8 nitrogen and oxygen atoms in total. The molecule has 0 atom stereocenters. The highest BCUT2D eigenvalue weighted by Crippen LogP contribution is 2.17. The highest BCUT2D eigenvalue weighted by Gasteiger charge is 2.22. The maximum absolute atomic E-state index is 12.3. The molecule has 0 amide bonds. The minimum atomic E-state index is -0.566. The molecule has 0 aliphatic carbocycles. The van der Waals surface area contributed by atoms with E-state index in [4.69, 9.17) is 22.7 Å². The van der Waals surface area contributed by atoms with Crippen LogP contribution >= 0.6 is 12.2 Å². The van der Waals surface area contributed by atoms with E-state index < -0.39 is 11.2 Å². The Kier molecular flexibility index (Phi) is 7.24. The van der Waals surface area contributed by atoms with Gasteiger partial charge in [0, 0.05) is 26.2 Å². The summed E-state index contributed by atoms with van der Waals surface area (Å²) in [5, 5.41) is 3.43. The van der Waals surface area contributed by atoms with Crippen molar-refractivity contribution in [2.45, 2.75) is 39.8 Å². The van der Waals surface area contributed by atoms with Gasteiger partial charge in [-0.15, -0.1) is 0 Å². The Hall–Kier alpha value is -1.87. The fourth-order valence-corrected chi connectivity index (χ4v) is 2.52. The average Bonchev–Trinajstić information content (AvgIpc) is 2.45. The van der Waals surface area contributed by atoms with E-state index in [2.05, 4.69) is 10.3 Å². The number of nitrogen functional groups attached to an aromatic ring is 1. The number of hydrogen-bond donors (Lipinski definition) is 3. The van der Waals surface area contributed by atoms with Crippen molar-refractivity contribution in [1.82, 2.24) is 14.9 Å². The van der Waals surface area contributed by atoms with Gasteiger partial charge in [0.2, 0.25) is 0 Å². The topological polar surface area (TPSA) is 105 Å². The Bertz CT molecular complexity index is 653. The maximum atomic E-state index is 12.3. The van der Waals surface area contributed by atoms with Gasteiger partial charge in [-0.05, 0) is 32.5 Å². The van der Waals surface area contributed by atoms with Crippen molar-refractivity contribution >= 4 is 28.8 Å². The molecule has 1 aromatic rings. The quantitative estimate of drug-likeness (QED) is 0.610. The number of aromatic nitrogens is 2. The molecule has 4 N–H and O–H groups in total. The van der Waals surface area contributed by atoms with Gasteiger partial charge in [-0.3, -0.25) is 14.3 Å². The van der Waals surface area contributed by atoms with E-state index in [1.54, 1.807) is 12.0 Å². The summed E-state index contributed by atoms with van der Waals surface area (Å²) < 4.78 is 6.42. The van der Waals surface area contributed by atoms with Crippen LogP contribution in [0.1, 0.15) is 27.2 Å². The van der Waals surface area contributed by atoms with Crippen molar-refractivity contribution in [2.75, 3.05) is 30.9 Å². The first kappa shape index (κ1) is 19.2. The van der Waals surface area contributed by atoms with E-state index in [1.807, 2.05) is 20.8 Å². The zero-order valence-corrected chi connectivity index (χ0v) is 14.8. The Labute approximate surface area is 140 Å². The van der Waals surface area contributed by atoms with Crippen LogP contribution in [0.5, 0.6) is 0 Å². The molecule has 130 valence electrons. The molecule has 0 radical (unpaired) electrons. The van der Waals surface area contributed by atoms with E-state index in [-0.39, 0.29) is 17.5 Å². The van der Waals surface area contributed by atoms with Crippen molar-refractivity contribution in [2.24, 2.45) is 0 Å². The monoisotopic (exact) mass is 343 g/mol. The fraction of sp³-hybridized carbons (Fsp3) is 0.643. The van der Waals surface area contributed by atoms with Crippen molar-refractivity contribution in [3.8, 4) is 0 Å².